The highest BCUT2D eigenvalue weighted by molar-refractivity contribution is 5.07. The maximum absolute atomic E-state index is 9.72. The standard InChI is InChI=1S/C9H14O2/c10-8-5-1-4-2-6(5)9(11)7(8)3-4/h4-11H,1-3H2. The average Bonchev–Trinajstić information content (AvgIpc) is 2.39. The summed E-state index contributed by atoms with van der Waals surface area (Å²) in [5.41, 5.74) is 0. The molecule has 0 saturated heterocycles. The van der Waals surface area contributed by atoms with E-state index in [1.54, 1.807) is 0 Å². The molecular weight excluding hydrogens is 140 g/mol. The van der Waals surface area contributed by atoms with E-state index < -0.39 is 0 Å². The van der Waals surface area contributed by atoms with Crippen LogP contribution in [0.1, 0.15) is 19.3 Å². The van der Waals surface area contributed by atoms with Gasteiger partial charge in [0, 0.05) is 5.92 Å². The molecule has 0 heterocycles. The van der Waals surface area contributed by atoms with Gasteiger partial charge in [0.1, 0.15) is 0 Å². The van der Waals surface area contributed by atoms with E-state index in [0.717, 1.165) is 12.3 Å². The maximum Gasteiger partial charge on any atom is 0.0625 e. The Kier molecular flexibility index (Phi) is 1.06. The number of aliphatic hydroxyl groups is 2. The third-order valence-electron chi connectivity index (χ3n) is 4.12. The fourth-order valence-corrected chi connectivity index (χ4v) is 3.69. The summed E-state index contributed by atoms with van der Waals surface area (Å²) in [6.45, 7) is 0. The molecule has 0 aromatic carbocycles. The maximum atomic E-state index is 9.72. The summed E-state index contributed by atoms with van der Waals surface area (Å²) in [6.07, 6.45) is 3.09. The van der Waals surface area contributed by atoms with Crippen LogP contribution in [0.4, 0.5) is 0 Å². The van der Waals surface area contributed by atoms with Crippen LogP contribution in [-0.2, 0) is 0 Å². The minimum atomic E-state index is -0.172. The Morgan fingerprint density at radius 1 is 0.727 bits per heavy atom. The zero-order chi connectivity index (χ0) is 7.59. The van der Waals surface area contributed by atoms with E-state index >= 15 is 0 Å². The Bertz CT molecular complexity index is 170. The molecule has 0 aromatic heterocycles. The normalized spacial score (nSPS) is 66.0. The van der Waals surface area contributed by atoms with Crippen LogP contribution >= 0.6 is 0 Å². The summed E-state index contributed by atoms with van der Waals surface area (Å²) >= 11 is 0. The Morgan fingerprint density at radius 2 is 1.18 bits per heavy atom. The van der Waals surface area contributed by atoms with E-state index in [-0.39, 0.29) is 18.1 Å². The molecule has 2 N–H and O–H groups in total. The molecule has 4 aliphatic rings. The molecule has 62 valence electrons. The van der Waals surface area contributed by atoms with Crippen molar-refractivity contribution in [2.45, 2.75) is 31.5 Å². The van der Waals surface area contributed by atoms with E-state index in [1.165, 1.54) is 12.8 Å². The molecule has 4 unspecified atom stereocenters. The second-order valence-electron chi connectivity index (χ2n) is 4.55. The first kappa shape index (κ1) is 6.44. The van der Waals surface area contributed by atoms with Crippen molar-refractivity contribution in [1.29, 1.82) is 0 Å². The van der Waals surface area contributed by atoms with Crippen molar-refractivity contribution in [3.63, 3.8) is 0 Å². The lowest BCUT2D eigenvalue weighted by Crippen LogP contribution is -2.33. The van der Waals surface area contributed by atoms with Gasteiger partial charge in [0.25, 0.3) is 0 Å². The molecule has 2 heteroatoms. The third-order valence-corrected chi connectivity index (χ3v) is 4.12. The van der Waals surface area contributed by atoms with Gasteiger partial charge in [0.05, 0.1) is 12.2 Å². The van der Waals surface area contributed by atoms with Crippen LogP contribution in [-0.4, -0.2) is 22.4 Å². The molecule has 4 atom stereocenters. The highest BCUT2D eigenvalue weighted by Crippen LogP contribution is 2.57. The number of hydrogen-bond donors (Lipinski definition) is 2. The van der Waals surface area contributed by atoms with Crippen molar-refractivity contribution in [3.05, 3.63) is 0 Å². The van der Waals surface area contributed by atoms with Gasteiger partial charge in [-0.05, 0) is 37.0 Å². The van der Waals surface area contributed by atoms with Gasteiger partial charge in [0.2, 0.25) is 0 Å². The predicted molar refractivity (Wildman–Crippen MR) is 39.8 cm³/mol. The zero-order valence-electron chi connectivity index (χ0n) is 6.48. The molecule has 11 heavy (non-hydrogen) atoms. The molecule has 2 nitrogen and oxygen atoms in total. The van der Waals surface area contributed by atoms with Gasteiger partial charge in [-0.1, -0.05) is 0 Å². The fraction of sp³-hybridized carbons (Fsp3) is 1.00. The first-order chi connectivity index (χ1) is 5.27. The average molecular weight is 154 g/mol. The Labute approximate surface area is 66.2 Å². The fourth-order valence-electron chi connectivity index (χ4n) is 3.69. The van der Waals surface area contributed by atoms with E-state index in [0.29, 0.717) is 11.8 Å². The number of aliphatic hydroxyl groups excluding tert-OH is 2. The molecule has 4 aliphatic carbocycles. The third kappa shape index (κ3) is 0.611. The largest absolute Gasteiger partial charge is 0.392 e. The molecule has 4 saturated carbocycles. The quantitative estimate of drug-likeness (QED) is 0.529. The molecule has 0 amide bonds. The molecule has 0 spiro atoms. The monoisotopic (exact) mass is 154 g/mol. The molecule has 0 aliphatic heterocycles. The van der Waals surface area contributed by atoms with Crippen molar-refractivity contribution in [1.82, 2.24) is 0 Å². The van der Waals surface area contributed by atoms with E-state index in [4.69, 9.17) is 0 Å². The first-order valence-corrected chi connectivity index (χ1v) is 4.63. The number of rotatable bonds is 0. The first-order valence-electron chi connectivity index (χ1n) is 4.63. The van der Waals surface area contributed by atoms with E-state index in [9.17, 15) is 10.2 Å². The van der Waals surface area contributed by atoms with Crippen LogP contribution in [0.5, 0.6) is 0 Å². The van der Waals surface area contributed by atoms with Crippen molar-refractivity contribution < 1.29 is 10.2 Å². The number of hydrogen-bond acceptors (Lipinski definition) is 2. The molecule has 4 bridgehead atoms. The van der Waals surface area contributed by atoms with Crippen LogP contribution < -0.4 is 0 Å². The summed E-state index contributed by atoms with van der Waals surface area (Å²) in [6, 6.07) is 0. The van der Waals surface area contributed by atoms with Crippen LogP contribution in [0.15, 0.2) is 0 Å². The Hall–Kier alpha value is -0.0800. The van der Waals surface area contributed by atoms with Crippen molar-refractivity contribution >= 4 is 0 Å². The predicted octanol–water partition coefficient (Wildman–Crippen LogP) is 0.384. The van der Waals surface area contributed by atoms with Gasteiger partial charge in [-0.15, -0.1) is 0 Å². The van der Waals surface area contributed by atoms with Gasteiger partial charge in [-0.25, -0.2) is 0 Å². The SMILES string of the molecule is OC1C2CC3CC1C(C3)C2O. The highest BCUT2D eigenvalue weighted by Gasteiger charge is 2.58. The molecular formula is C9H14O2. The van der Waals surface area contributed by atoms with Crippen molar-refractivity contribution in [2.75, 3.05) is 0 Å². The lowest BCUT2D eigenvalue weighted by Gasteiger charge is -2.31. The van der Waals surface area contributed by atoms with Crippen LogP contribution in [0.3, 0.4) is 0 Å². The lowest BCUT2D eigenvalue weighted by molar-refractivity contribution is 0.000900. The van der Waals surface area contributed by atoms with Crippen LogP contribution in [0.2, 0.25) is 0 Å². The van der Waals surface area contributed by atoms with Crippen LogP contribution in [0.25, 0.3) is 0 Å². The van der Waals surface area contributed by atoms with E-state index in [2.05, 4.69) is 0 Å². The van der Waals surface area contributed by atoms with Crippen molar-refractivity contribution in [3.8, 4) is 0 Å². The molecule has 0 radical (unpaired) electrons. The summed E-state index contributed by atoms with van der Waals surface area (Å²) in [5.74, 6) is 1.97. The van der Waals surface area contributed by atoms with Crippen molar-refractivity contribution in [2.24, 2.45) is 23.7 Å². The summed E-state index contributed by atoms with van der Waals surface area (Å²) in [5, 5.41) is 19.4. The highest BCUT2D eigenvalue weighted by atomic mass is 16.3. The Balaban J connectivity index is 2.00. The Morgan fingerprint density at radius 3 is 1.64 bits per heavy atom. The van der Waals surface area contributed by atoms with Gasteiger partial charge in [0.15, 0.2) is 0 Å². The van der Waals surface area contributed by atoms with Crippen LogP contribution in [0, 0.1) is 23.7 Å². The summed E-state index contributed by atoms with van der Waals surface area (Å²) in [4.78, 5) is 0. The minimum absolute atomic E-state index is 0.172. The second-order valence-corrected chi connectivity index (χ2v) is 4.55. The zero-order valence-corrected chi connectivity index (χ0v) is 6.48. The molecule has 4 rings (SSSR count). The molecule has 0 aromatic rings. The minimum Gasteiger partial charge on any atom is -0.392 e. The summed E-state index contributed by atoms with van der Waals surface area (Å²) in [7, 11) is 0. The van der Waals surface area contributed by atoms with Gasteiger partial charge in [-0.3, -0.25) is 0 Å². The van der Waals surface area contributed by atoms with Gasteiger partial charge >= 0.3 is 0 Å². The second kappa shape index (κ2) is 1.80. The lowest BCUT2D eigenvalue weighted by atomic mass is 9.79. The summed E-state index contributed by atoms with van der Waals surface area (Å²) < 4.78 is 0. The smallest absolute Gasteiger partial charge is 0.0625 e. The topological polar surface area (TPSA) is 40.5 Å². The van der Waals surface area contributed by atoms with E-state index in [1.807, 2.05) is 0 Å². The van der Waals surface area contributed by atoms with Gasteiger partial charge in [-0.2, -0.15) is 0 Å². The van der Waals surface area contributed by atoms with Gasteiger partial charge < -0.3 is 10.2 Å². The molecule has 4 fully saturated rings.